The van der Waals surface area contributed by atoms with Crippen LogP contribution in [0.3, 0.4) is 0 Å². The first-order valence-electron chi connectivity index (χ1n) is 9.12. The number of nitrogens with zero attached hydrogens (tertiary/aromatic N) is 4. The van der Waals surface area contributed by atoms with Crippen LogP contribution in [0.5, 0.6) is 0 Å². The summed E-state index contributed by atoms with van der Waals surface area (Å²) >= 11 is 0. The van der Waals surface area contributed by atoms with E-state index in [1.165, 1.54) is 24.3 Å². The smallest absolute Gasteiger partial charge is 0.543 e. The average Bonchev–Trinajstić information content (AvgIpc) is 2.74. The Morgan fingerprint density at radius 1 is 0.788 bits per heavy atom. The number of carboxylic acid groups (broad SMARTS) is 2. The third-order valence-corrected chi connectivity index (χ3v) is 4.36. The van der Waals surface area contributed by atoms with Crippen molar-refractivity contribution in [3.8, 4) is 0 Å². The Morgan fingerprint density at radius 2 is 1.24 bits per heavy atom. The number of pyridine rings is 2. The summed E-state index contributed by atoms with van der Waals surface area (Å²) in [4.78, 5) is 42.5. The average molecular weight is 503 g/mol. The Morgan fingerprint density at radius 3 is 1.64 bits per heavy atom. The number of carbonyl (C=O) groups excluding carboxylic acids is 2. The summed E-state index contributed by atoms with van der Waals surface area (Å²) in [6.45, 7) is 0.761. The number of aromatic nitrogens is 2. The van der Waals surface area contributed by atoms with E-state index in [0.29, 0.717) is 17.9 Å². The molecule has 33 heavy (non-hydrogen) atoms. The first-order valence-corrected chi connectivity index (χ1v) is 9.12. The summed E-state index contributed by atoms with van der Waals surface area (Å²) in [7, 11) is 0. The van der Waals surface area contributed by atoms with Crippen LogP contribution in [0.25, 0.3) is 0 Å². The molecule has 0 atom stereocenters. The molecule has 175 valence electrons. The summed E-state index contributed by atoms with van der Waals surface area (Å²) < 4.78 is 0. The van der Waals surface area contributed by atoms with Crippen LogP contribution in [-0.4, -0.2) is 31.7 Å². The minimum absolute atomic E-state index is 0. The molecule has 2 heterocycles. The molecular weight excluding hydrogens is 484 g/mol. The zero-order valence-corrected chi connectivity index (χ0v) is 18.0. The molecule has 11 nitrogen and oxygen atoms in total. The standard InChI is InChI=1S/C21H18N4O6.Cu.H2O/c26-20(27)18-5-1-3-15(22-18)12-24(11-14-7-9-17(10-8-14)25(30)31)13-16-4-2-6-19(23-16)21(28)29;;/h1-10H,11-13H2,(H,26,27)(H,28,29);;1H2/q;+2;/p-1. The molecule has 12 heteroatoms. The van der Waals surface area contributed by atoms with Crippen molar-refractivity contribution in [1.29, 1.82) is 0 Å². The van der Waals surface area contributed by atoms with Gasteiger partial charge >= 0.3 is 17.1 Å². The maximum Gasteiger partial charge on any atom is 2.00 e. The number of benzene rings is 1. The van der Waals surface area contributed by atoms with E-state index in [-0.39, 0.29) is 52.7 Å². The fourth-order valence-corrected chi connectivity index (χ4v) is 2.97. The summed E-state index contributed by atoms with van der Waals surface area (Å²) in [5.74, 6) is -2.79. The molecule has 3 N–H and O–H groups in total. The van der Waals surface area contributed by atoms with E-state index in [2.05, 4.69) is 9.97 Å². The second kappa shape index (κ2) is 12.4. The van der Waals surface area contributed by atoms with Crippen molar-refractivity contribution < 1.29 is 47.3 Å². The largest absolute Gasteiger partial charge is 2.00 e. The maximum absolute atomic E-state index is 11.1. The van der Waals surface area contributed by atoms with Gasteiger partial charge in [-0.05, 0) is 29.8 Å². The molecule has 0 bridgehead atoms. The van der Waals surface area contributed by atoms with E-state index in [1.807, 2.05) is 4.90 Å². The summed E-state index contributed by atoms with van der Waals surface area (Å²) in [5.41, 5.74) is 1.23. The van der Waals surface area contributed by atoms with Gasteiger partial charge < -0.3 is 25.3 Å². The molecule has 2 aromatic heterocycles. The van der Waals surface area contributed by atoms with Gasteiger partial charge in [-0.3, -0.25) is 25.0 Å². The van der Waals surface area contributed by atoms with Crippen LogP contribution >= 0.6 is 0 Å². The Kier molecular flexibility index (Phi) is 10.2. The van der Waals surface area contributed by atoms with E-state index in [1.54, 1.807) is 36.4 Å². The third-order valence-electron chi connectivity index (χ3n) is 4.36. The molecule has 3 rings (SSSR count). The van der Waals surface area contributed by atoms with Crippen molar-refractivity contribution >= 4 is 17.6 Å². The minimum atomic E-state index is -1.40. The van der Waals surface area contributed by atoms with Gasteiger partial charge in [0.1, 0.15) is 0 Å². The van der Waals surface area contributed by atoms with Gasteiger partial charge in [-0.2, -0.15) is 0 Å². The van der Waals surface area contributed by atoms with Gasteiger partial charge in [0.15, 0.2) is 0 Å². The Balaban J connectivity index is 0.00000272. The second-order valence-corrected chi connectivity index (χ2v) is 6.67. The topological polar surface area (TPSA) is 185 Å². The Bertz CT molecular complexity index is 1070. The number of rotatable bonds is 9. The first-order chi connectivity index (χ1) is 14.8. The zero-order chi connectivity index (χ0) is 22.4. The van der Waals surface area contributed by atoms with Crippen molar-refractivity contribution in [2.75, 3.05) is 0 Å². The molecule has 1 radical (unpaired) electrons. The third kappa shape index (κ3) is 7.74. The molecule has 0 unspecified atom stereocenters. The Hall–Kier alpha value is -3.70. The van der Waals surface area contributed by atoms with Crippen molar-refractivity contribution in [3.63, 3.8) is 0 Å². The normalized spacial score (nSPS) is 10.1. The van der Waals surface area contributed by atoms with Crippen LogP contribution in [0.2, 0.25) is 0 Å². The molecule has 0 fully saturated rings. The van der Waals surface area contributed by atoms with Gasteiger partial charge in [-0.1, -0.05) is 24.3 Å². The van der Waals surface area contributed by atoms with E-state index in [9.17, 15) is 29.9 Å². The quantitative estimate of drug-likeness (QED) is 0.159. The predicted molar refractivity (Wildman–Crippen MR) is 108 cm³/mol. The number of aromatic carboxylic acids is 2. The van der Waals surface area contributed by atoms with Gasteiger partial charge in [-0.15, -0.1) is 0 Å². The molecule has 0 aliphatic rings. The number of hydrogen-bond donors (Lipinski definition) is 0. The van der Waals surface area contributed by atoms with Crippen LogP contribution in [-0.2, 0) is 42.2 Å². The minimum Gasteiger partial charge on any atom is -0.543 e. The summed E-state index contributed by atoms with van der Waals surface area (Å²) in [6, 6.07) is 15.0. The molecule has 1 aromatic carbocycles. The van der Waals surface area contributed by atoms with Crippen LogP contribution in [0.15, 0.2) is 60.7 Å². The van der Waals surface area contributed by atoms with Crippen molar-refractivity contribution in [2.24, 2.45) is 0 Å². The predicted octanol–water partition coefficient (Wildman–Crippen LogP) is -0.610. The van der Waals surface area contributed by atoms with E-state index in [0.717, 1.165) is 5.56 Å². The van der Waals surface area contributed by atoms with Crippen molar-refractivity contribution in [2.45, 2.75) is 19.6 Å². The molecule has 0 aliphatic heterocycles. The van der Waals surface area contributed by atoms with E-state index in [4.69, 9.17) is 0 Å². The first kappa shape index (κ1) is 27.3. The number of non-ortho nitro benzene ring substituents is 1. The van der Waals surface area contributed by atoms with Crippen molar-refractivity contribution in [1.82, 2.24) is 14.9 Å². The van der Waals surface area contributed by atoms with Crippen molar-refractivity contribution in [3.05, 3.63) is 99.1 Å². The SMILES string of the molecule is O=C([O-])c1cccc(CN(Cc2ccc([N+](=O)[O-])cc2)Cc2cccc(C(=O)[O-])n2)n1.[Cu+2].[OH3+]. The fourth-order valence-electron chi connectivity index (χ4n) is 2.97. The monoisotopic (exact) mass is 502 g/mol. The summed E-state index contributed by atoms with van der Waals surface area (Å²) in [5, 5.41) is 33.1. The van der Waals surface area contributed by atoms with Crippen LogP contribution < -0.4 is 10.2 Å². The molecular formula is C21H19CuN4O7+. The second-order valence-electron chi connectivity index (χ2n) is 6.67. The van der Waals surface area contributed by atoms with Crippen LogP contribution in [0, 0.1) is 10.1 Å². The molecule has 0 aliphatic carbocycles. The molecule has 3 aromatic rings. The van der Waals surface area contributed by atoms with Gasteiger partial charge in [0.05, 0.1) is 39.6 Å². The molecule has 0 amide bonds. The number of nitro groups is 1. The molecule has 0 spiro atoms. The number of carboxylic acids is 2. The van der Waals surface area contributed by atoms with Gasteiger partial charge in [0.2, 0.25) is 0 Å². The van der Waals surface area contributed by atoms with Crippen LogP contribution in [0.1, 0.15) is 37.9 Å². The molecule has 0 saturated carbocycles. The number of carbonyl (C=O) groups is 2. The van der Waals surface area contributed by atoms with E-state index >= 15 is 0 Å². The van der Waals surface area contributed by atoms with Gasteiger partial charge in [0, 0.05) is 31.8 Å². The fraction of sp³-hybridized carbons (Fsp3) is 0.143. The van der Waals surface area contributed by atoms with Crippen LogP contribution in [0.4, 0.5) is 5.69 Å². The maximum atomic E-state index is 11.1. The number of nitro benzene ring substituents is 1. The summed E-state index contributed by atoms with van der Waals surface area (Å²) in [6.07, 6.45) is 0. The zero-order valence-electron chi connectivity index (χ0n) is 17.0. The van der Waals surface area contributed by atoms with E-state index < -0.39 is 16.9 Å². The molecule has 0 saturated heterocycles. The van der Waals surface area contributed by atoms with Gasteiger partial charge in [0.25, 0.3) is 5.69 Å². The number of hydrogen-bond acceptors (Lipinski definition) is 9. The van der Waals surface area contributed by atoms with Gasteiger partial charge in [-0.25, -0.2) is 0 Å². The Labute approximate surface area is 198 Å².